The summed E-state index contributed by atoms with van der Waals surface area (Å²) in [5.74, 6) is 0. The zero-order valence-electron chi connectivity index (χ0n) is 8.25. The second kappa shape index (κ2) is 4.60. The van der Waals surface area contributed by atoms with Gasteiger partial charge in [0.05, 0.1) is 0 Å². The van der Waals surface area contributed by atoms with Gasteiger partial charge in [-0.1, -0.05) is 18.2 Å². The minimum atomic E-state index is -3.47. The molecular weight excluding hydrogens is 201 g/mol. The van der Waals surface area contributed by atoms with Crippen molar-refractivity contribution in [2.45, 2.75) is 0 Å². The van der Waals surface area contributed by atoms with Crippen LogP contribution in [0.5, 0.6) is 0 Å². The Bertz CT molecular complexity index is 328. The maximum Gasteiger partial charge on any atom is 0.346 e. The smallest absolute Gasteiger partial charge is 0.346 e. The van der Waals surface area contributed by atoms with Crippen molar-refractivity contribution in [1.29, 1.82) is 0 Å². The van der Waals surface area contributed by atoms with Crippen LogP contribution >= 0.6 is 7.60 Å². The highest BCUT2D eigenvalue weighted by atomic mass is 31.2. The van der Waals surface area contributed by atoms with Crippen LogP contribution < -0.4 is 4.90 Å². The zero-order chi connectivity index (χ0) is 10.6. The molecule has 1 unspecified atom stereocenters. The maximum atomic E-state index is 11.3. The van der Waals surface area contributed by atoms with Crippen molar-refractivity contribution in [1.82, 2.24) is 0 Å². The molecule has 0 amide bonds. The van der Waals surface area contributed by atoms with E-state index in [4.69, 9.17) is 0 Å². The lowest BCUT2D eigenvalue weighted by atomic mass is 10.3. The van der Waals surface area contributed by atoms with Crippen molar-refractivity contribution in [3.05, 3.63) is 30.3 Å². The molecule has 1 N–H and O–H groups in total. The summed E-state index contributed by atoms with van der Waals surface area (Å²) >= 11 is 0. The lowest BCUT2D eigenvalue weighted by Crippen LogP contribution is -2.18. The van der Waals surface area contributed by atoms with Crippen molar-refractivity contribution < 1.29 is 14.0 Å². The van der Waals surface area contributed by atoms with E-state index in [9.17, 15) is 9.46 Å². The maximum absolute atomic E-state index is 11.3. The molecule has 1 aromatic rings. The molecule has 0 fully saturated rings. The summed E-state index contributed by atoms with van der Waals surface area (Å²) in [5.41, 5.74) is 0.888. The number of nitrogens with zero attached hydrogens (tertiary/aromatic N) is 1. The summed E-state index contributed by atoms with van der Waals surface area (Å²) in [7, 11) is -0.486. The molecular formula is C9H14NO3P. The van der Waals surface area contributed by atoms with Gasteiger partial charge in [0.1, 0.15) is 6.29 Å². The molecule has 0 aliphatic rings. The van der Waals surface area contributed by atoms with Crippen molar-refractivity contribution in [3.63, 3.8) is 0 Å². The molecule has 0 aromatic heterocycles. The molecule has 0 saturated carbocycles. The quantitative estimate of drug-likeness (QED) is 0.779. The summed E-state index contributed by atoms with van der Waals surface area (Å²) in [4.78, 5) is 10.9. The lowest BCUT2D eigenvalue weighted by molar-refractivity contribution is 0.316. The molecule has 1 atom stereocenters. The SMILES string of the molecule is COP(=O)(O)CN(C)c1ccccc1. The molecule has 5 heteroatoms. The monoisotopic (exact) mass is 215 g/mol. The first-order valence-corrected chi connectivity index (χ1v) is 5.95. The molecule has 0 bridgehead atoms. The van der Waals surface area contributed by atoms with Gasteiger partial charge in [-0.05, 0) is 12.1 Å². The summed E-state index contributed by atoms with van der Waals surface area (Å²) < 4.78 is 15.8. The Labute approximate surface area is 83.7 Å². The van der Waals surface area contributed by atoms with Gasteiger partial charge in [0.2, 0.25) is 0 Å². The van der Waals surface area contributed by atoms with Gasteiger partial charge in [-0.25, -0.2) is 0 Å². The third-order valence-corrected chi connectivity index (χ3v) is 3.23. The van der Waals surface area contributed by atoms with Crippen molar-refractivity contribution in [3.8, 4) is 0 Å². The van der Waals surface area contributed by atoms with E-state index in [1.165, 1.54) is 7.11 Å². The van der Waals surface area contributed by atoms with Crippen LogP contribution in [0, 0.1) is 0 Å². The van der Waals surface area contributed by atoms with E-state index in [1.54, 1.807) is 11.9 Å². The Morgan fingerprint density at radius 2 is 2.00 bits per heavy atom. The number of para-hydroxylation sites is 1. The van der Waals surface area contributed by atoms with Gasteiger partial charge in [-0.3, -0.25) is 4.57 Å². The number of benzene rings is 1. The molecule has 14 heavy (non-hydrogen) atoms. The summed E-state index contributed by atoms with van der Waals surface area (Å²) in [6.45, 7) is 0. The van der Waals surface area contributed by atoms with Crippen LogP contribution in [0.4, 0.5) is 5.69 Å². The van der Waals surface area contributed by atoms with E-state index in [2.05, 4.69) is 4.52 Å². The van der Waals surface area contributed by atoms with Gasteiger partial charge >= 0.3 is 7.60 Å². The third-order valence-electron chi connectivity index (χ3n) is 1.87. The van der Waals surface area contributed by atoms with Crippen molar-refractivity contribution in [2.75, 3.05) is 25.3 Å². The van der Waals surface area contributed by atoms with Crippen LogP contribution in [0.2, 0.25) is 0 Å². The zero-order valence-corrected chi connectivity index (χ0v) is 9.15. The first-order chi connectivity index (χ1) is 6.55. The molecule has 1 aromatic carbocycles. The van der Waals surface area contributed by atoms with E-state index in [0.717, 1.165) is 5.69 Å². The number of rotatable bonds is 4. The molecule has 0 radical (unpaired) electrons. The van der Waals surface area contributed by atoms with Crippen molar-refractivity contribution in [2.24, 2.45) is 0 Å². The van der Waals surface area contributed by atoms with E-state index in [-0.39, 0.29) is 6.29 Å². The molecule has 0 saturated heterocycles. The minimum Gasteiger partial charge on any atom is -0.363 e. The lowest BCUT2D eigenvalue weighted by Gasteiger charge is -2.21. The van der Waals surface area contributed by atoms with E-state index in [1.807, 2.05) is 30.3 Å². The molecule has 0 spiro atoms. The van der Waals surface area contributed by atoms with Gasteiger partial charge in [0.25, 0.3) is 0 Å². The predicted octanol–water partition coefficient (Wildman–Crippen LogP) is 1.91. The van der Waals surface area contributed by atoms with Gasteiger partial charge in [-0.2, -0.15) is 0 Å². The minimum absolute atomic E-state index is 0.00644. The third kappa shape index (κ3) is 3.14. The van der Waals surface area contributed by atoms with Crippen molar-refractivity contribution >= 4 is 13.3 Å². The number of anilines is 1. The molecule has 0 aliphatic carbocycles. The fourth-order valence-electron chi connectivity index (χ4n) is 1.09. The van der Waals surface area contributed by atoms with Crippen LogP contribution in [0.1, 0.15) is 0 Å². The van der Waals surface area contributed by atoms with E-state index in [0.29, 0.717) is 0 Å². The fourth-order valence-corrected chi connectivity index (χ4v) is 1.90. The largest absolute Gasteiger partial charge is 0.363 e. The van der Waals surface area contributed by atoms with Gasteiger partial charge in [-0.15, -0.1) is 0 Å². The Kier molecular flexibility index (Phi) is 3.69. The first kappa shape index (κ1) is 11.2. The van der Waals surface area contributed by atoms with E-state index < -0.39 is 7.60 Å². The second-order valence-corrected chi connectivity index (χ2v) is 4.92. The van der Waals surface area contributed by atoms with Gasteiger partial charge in [0, 0.05) is 19.8 Å². The fraction of sp³-hybridized carbons (Fsp3) is 0.333. The van der Waals surface area contributed by atoms with Crippen LogP contribution in [0.25, 0.3) is 0 Å². The normalized spacial score (nSPS) is 14.8. The highest BCUT2D eigenvalue weighted by molar-refractivity contribution is 7.52. The summed E-state index contributed by atoms with van der Waals surface area (Å²) in [6, 6.07) is 9.39. The Morgan fingerprint density at radius 1 is 1.43 bits per heavy atom. The average Bonchev–Trinajstić information content (AvgIpc) is 2.19. The highest BCUT2D eigenvalue weighted by Crippen LogP contribution is 2.41. The Morgan fingerprint density at radius 3 is 2.50 bits per heavy atom. The summed E-state index contributed by atoms with van der Waals surface area (Å²) in [5, 5.41) is 0. The summed E-state index contributed by atoms with van der Waals surface area (Å²) in [6.07, 6.45) is -0.00644. The van der Waals surface area contributed by atoms with Crippen LogP contribution in [0.15, 0.2) is 30.3 Å². The van der Waals surface area contributed by atoms with Gasteiger partial charge < -0.3 is 14.3 Å². The highest BCUT2D eigenvalue weighted by Gasteiger charge is 2.19. The second-order valence-electron chi connectivity index (χ2n) is 2.99. The average molecular weight is 215 g/mol. The predicted molar refractivity (Wildman–Crippen MR) is 56.5 cm³/mol. The first-order valence-electron chi connectivity index (χ1n) is 4.19. The molecule has 0 heterocycles. The van der Waals surface area contributed by atoms with E-state index >= 15 is 0 Å². The molecule has 0 aliphatic heterocycles. The number of hydrogen-bond acceptors (Lipinski definition) is 3. The van der Waals surface area contributed by atoms with Crippen LogP contribution in [-0.4, -0.2) is 25.3 Å². The number of hydrogen-bond donors (Lipinski definition) is 1. The van der Waals surface area contributed by atoms with Crippen LogP contribution in [-0.2, 0) is 9.09 Å². The Balaban J connectivity index is 2.68. The molecule has 78 valence electrons. The Hall–Kier alpha value is -0.830. The molecule has 1 rings (SSSR count). The van der Waals surface area contributed by atoms with Gasteiger partial charge in [0.15, 0.2) is 0 Å². The molecule has 4 nitrogen and oxygen atoms in total. The van der Waals surface area contributed by atoms with Crippen LogP contribution in [0.3, 0.4) is 0 Å². The standard InChI is InChI=1S/C9H14NO3P/c1-10(8-14(11,12)13-2)9-6-4-3-5-7-9/h3-7H,8H2,1-2H3,(H,11,12). The topological polar surface area (TPSA) is 49.8 Å².